The minimum Gasteiger partial charge on any atom is -0.507 e. The van der Waals surface area contributed by atoms with E-state index in [2.05, 4.69) is 10.3 Å². The number of phenols is 1. The fraction of sp³-hybridized carbons (Fsp3) is 0.0909. The molecule has 4 rings (SSSR count). The van der Waals surface area contributed by atoms with Crippen LogP contribution in [-0.4, -0.2) is 21.8 Å². The van der Waals surface area contributed by atoms with Crippen LogP contribution in [0.25, 0.3) is 20.8 Å². The zero-order chi connectivity index (χ0) is 19.3. The second-order valence-corrected chi connectivity index (χ2v) is 8.26. The van der Waals surface area contributed by atoms with E-state index < -0.39 is 0 Å². The maximum atomic E-state index is 12.2. The summed E-state index contributed by atoms with van der Waals surface area (Å²) < 4.78 is 1.07. The van der Waals surface area contributed by atoms with Crippen LogP contribution in [0.5, 0.6) is 5.75 Å². The zero-order valence-corrected chi connectivity index (χ0v) is 16.6. The molecule has 6 heteroatoms. The van der Waals surface area contributed by atoms with Crippen molar-refractivity contribution in [1.29, 1.82) is 0 Å². The molecule has 0 aliphatic carbocycles. The van der Waals surface area contributed by atoms with Gasteiger partial charge < -0.3 is 10.4 Å². The van der Waals surface area contributed by atoms with Crippen LogP contribution >= 0.6 is 23.1 Å². The smallest absolute Gasteiger partial charge is 0.234 e. The highest BCUT2D eigenvalue weighted by molar-refractivity contribution is 7.99. The van der Waals surface area contributed by atoms with Crippen molar-refractivity contribution in [3.8, 4) is 16.3 Å². The minimum absolute atomic E-state index is 0.0898. The lowest BCUT2D eigenvalue weighted by Crippen LogP contribution is -2.14. The van der Waals surface area contributed by atoms with E-state index >= 15 is 0 Å². The van der Waals surface area contributed by atoms with Gasteiger partial charge in [0.1, 0.15) is 10.8 Å². The molecule has 28 heavy (non-hydrogen) atoms. The molecule has 0 aliphatic rings. The van der Waals surface area contributed by atoms with E-state index in [4.69, 9.17) is 0 Å². The van der Waals surface area contributed by atoms with E-state index in [-0.39, 0.29) is 11.7 Å². The summed E-state index contributed by atoms with van der Waals surface area (Å²) in [5, 5.41) is 14.0. The molecule has 0 radical (unpaired) electrons. The number of rotatable bonds is 6. The van der Waals surface area contributed by atoms with Gasteiger partial charge in [-0.3, -0.25) is 4.79 Å². The summed E-state index contributed by atoms with van der Waals surface area (Å²) in [5.74, 6) is 1.16. The van der Waals surface area contributed by atoms with Crippen LogP contribution in [0.15, 0.2) is 72.8 Å². The first kappa shape index (κ1) is 18.5. The Kier molecular flexibility index (Phi) is 5.60. The van der Waals surface area contributed by atoms with E-state index in [0.717, 1.165) is 21.0 Å². The van der Waals surface area contributed by atoms with Crippen LogP contribution in [0.3, 0.4) is 0 Å². The van der Waals surface area contributed by atoms with Gasteiger partial charge in [0.2, 0.25) is 5.91 Å². The number of thioether (sulfide) groups is 1. The third-order valence-corrected chi connectivity index (χ3v) is 6.22. The predicted molar refractivity (Wildman–Crippen MR) is 118 cm³/mol. The molecule has 0 saturated carbocycles. The normalized spacial score (nSPS) is 10.9. The Morgan fingerprint density at radius 3 is 2.61 bits per heavy atom. The number of aromatic nitrogens is 1. The number of nitrogens with one attached hydrogen (secondary N) is 1. The van der Waals surface area contributed by atoms with Crippen molar-refractivity contribution < 1.29 is 9.90 Å². The molecule has 0 aliphatic heterocycles. The molecule has 140 valence electrons. The van der Waals surface area contributed by atoms with Crippen molar-refractivity contribution >= 4 is 44.9 Å². The van der Waals surface area contributed by atoms with Crippen molar-refractivity contribution in [3.05, 3.63) is 78.4 Å². The van der Waals surface area contributed by atoms with Crippen molar-refractivity contribution in [3.63, 3.8) is 0 Å². The zero-order valence-electron chi connectivity index (χ0n) is 15.0. The topological polar surface area (TPSA) is 62.2 Å². The molecule has 0 fully saturated rings. The molecular formula is C22H18N2O2S2. The molecule has 0 atom stereocenters. The monoisotopic (exact) mass is 406 g/mol. The number of hydrogen-bond acceptors (Lipinski definition) is 5. The molecule has 4 aromatic rings. The summed E-state index contributed by atoms with van der Waals surface area (Å²) in [6.45, 7) is 0. The molecule has 1 heterocycles. The number of benzene rings is 3. The molecule has 1 amide bonds. The van der Waals surface area contributed by atoms with Crippen molar-refractivity contribution in [1.82, 2.24) is 4.98 Å². The van der Waals surface area contributed by atoms with Gasteiger partial charge in [-0.05, 0) is 29.8 Å². The van der Waals surface area contributed by atoms with Crippen LogP contribution in [0.4, 0.5) is 5.69 Å². The third kappa shape index (κ3) is 4.35. The molecular weight excluding hydrogens is 388 g/mol. The summed E-state index contributed by atoms with van der Waals surface area (Å²) in [7, 11) is 0. The lowest BCUT2D eigenvalue weighted by molar-refractivity contribution is -0.113. The Morgan fingerprint density at radius 1 is 1.04 bits per heavy atom. The van der Waals surface area contributed by atoms with Gasteiger partial charge in [0.25, 0.3) is 0 Å². The van der Waals surface area contributed by atoms with Crippen LogP contribution in [0.1, 0.15) is 5.56 Å². The number of para-hydroxylation sites is 1. The fourth-order valence-electron chi connectivity index (χ4n) is 2.81. The summed E-state index contributed by atoms with van der Waals surface area (Å²) in [4.78, 5) is 16.7. The number of thiazole rings is 1. The molecule has 2 N–H and O–H groups in total. The van der Waals surface area contributed by atoms with Crippen molar-refractivity contribution in [2.75, 3.05) is 11.1 Å². The van der Waals surface area contributed by atoms with E-state index in [9.17, 15) is 9.90 Å². The first-order valence-electron chi connectivity index (χ1n) is 8.79. The Balaban J connectivity index is 1.39. The summed E-state index contributed by atoms with van der Waals surface area (Å²) in [6, 6.07) is 23.1. The highest BCUT2D eigenvalue weighted by atomic mass is 32.2. The highest BCUT2D eigenvalue weighted by Crippen LogP contribution is 2.36. The first-order chi connectivity index (χ1) is 13.7. The highest BCUT2D eigenvalue weighted by Gasteiger charge is 2.12. The maximum Gasteiger partial charge on any atom is 0.234 e. The maximum absolute atomic E-state index is 12.2. The largest absolute Gasteiger partial charge is 0.507 e. The predicted octanol–water partition coefficient (Wildman–Crippen LogP) is 5.54. The Morgan fingerprint density at radius 2 is 1.82 bits per heavy atom. The van der Waals surface area contributed by atoms with Crippen LogP contribution in [0, 0.1) is 0 Å². The number of phenolic OH excluding ortho intramolecular Hbond substituents is 1. The van der Waals surface area contributed by atoms with Gasteiger partial charge >= 0.3 is 0 Å². The number of nitrogens with zero attached hydrogens (tertiary/aromatic N) is 1. The molecule has 1 aromatic heterocycles. The molecule has 0 saturated heterocycles. The van der Waals surface area contributed by atoms with Crippen LogP contribution < -0.4 is 5.32 Å². The lowest BCUT2D eigenvalue weighted by atomic mass is 10.2. The van der Waals surface area contributed by atoms with Gasteiger partial charge in [-0.1, -0.05) is 42.5 Å². The fourth-order valence-corrected chi connectivity index (χ4v) is 4.60. The van der Waals surface area contributed by atoms with Gasteiger partial charge in [0, 0.05) is 17.5 Å². The minimum atomic E-state index is -0.0898. The number of amides is 1. The molecule has 0 unspecified atom stereocenters. The Bertz CT molecular complexity index is 1080. The van der Waals surface area contributed by atoms with Gasteiger partial charge in [0.15, 0.2) is 0 Å². The quantitative estimate of drug-likeness (QED) is 0.441. The summed E-state index contributed by atoms with van der Waals surface area (Å²) >= 11 is 3.09. The summed E-state index contributed by atoms with van der Waals surface area (Å²) in [6.07, 6.45) is 0. The third-order valence-electron chi connectivity index (χ3n) is 4.15. The Labute approximate surface area is 171 Å². The standard InChI is InChI=1S/C22H18N2O2S2/c25-19-12-16(23-21(26)14-27-13-15-6-2-1-3-7-15)10-11-17(19)22-24-18-8-4-5-9-20(18)28-22/h1-12,25H,13-14H2,(H,23,26). The second-order valence-electron chi connectivity index (χ2n) is 6.25. The van der Waals surface area contributed by atoms with Crippen molar-refractivity contribution in [2.45, 2.75) is 5.75 Å². The number of carbonyl (C=O) groups is 1. The van der Waals surface area contributed by atoms with Crippen molar-refractivity contribution in [2.24, 2.45) is 0 Å². The van der Waals surface area contributed by atoms with E-state index in [1.54, 1.807) is 30.0 Å². The van der Waals surface area contributed by atoms with E-state index in [0.29, 0.717) is 17.0 Å². The number of fused-ring (bicyclic) bond motifs is 1. The number of carbonyl (C=O) groups excluding carboxylic acids is 1. The number of hydrogen-bond donors (Lipinski definition) is 2. The first-order valence-corrected chi connectivity index (χ1v) is 10.8. The molecule has 3 aromatic carbocycles. The number of aromatic hydroxyl groups is 1. The lowest BCUT2D eigenvalue weighted by Gasteiger charge is -2.08. The molecule has 0 bridgehead atoms. The average Bonchev–Trinajstić information content (AvgIpc) is 3.13. The Hall–Kier alpha value is -2.83. The van der Waals surface area contributed by atoms with Gasteiger partial charge in [-0.25, -0.2) is 4.98 Å². The SMILES string of the molecule is O=C(CSCc1ccccc1)Nc1ccc(-c2nc3ccccc3s2)c(O)c1. The average molecular weight is 407 g/mol. The second kappa shape index (κ2) is 8.46. The van der Waals surface area contributed by atoms with Crippen LogP contribution in [-0.2, 0) is 10.5 Å². The molecule has 4 nitrogen and oxygen atoms in total. The van der Waals surface area contributed by atoms with Crippen LogP contribution in [0.2, 0.25) is 0 Å². The molecule has 0 spiro atoms. The summed E-state index contributed by atoms with van der Waals surface area (Å²) in [5.41, 5.74) is 3.35. The van der Waals surface area contributed by atoms with E-state index in [1.165, 1.54) is 16.9 Å². The van der Waals surface area contributed by atoms with Gasteiger partial charge in [0.05, 0.1) is 21.5 Å². The van der Waals surface area contributed by atoms with E-state index in [1.807, 2.05) is 54.6 Å². The van der Waals surface area contributed by atoms with Gasteiger partial charge in [-0.2, -0.15) is 0 Å². The number of anilines is 1. The van der Waals surface area contributed by atoms with Gasteiger partial charge in [-0.15, -0.1) is 23.1 Å².